The van der Waals surface area contributed by atoms with Gasteiger partial charge in [0.1, 0.15) is 10.8 Å². The van der Waals surface area contributed by atoms with Crippen LogP contribution < -0.4 is 0 Å². The second kappa shape index (κ2) is 8.69. The zero-order chi connectivity index (χ0) is 25.1. The summed E-state index contributed by atoms with van der Waals surface area (Å²) >= 11 is 7.75. The summed E-state index contributed by atoms with van der Waals surface area (Å²) in [5, 5.41) is 11.2. The van der Waals surface area contributed by atoms with Crippen molar-refractivity contribution in [3.63, 3.8) is 0 Å². The molecule has 8 heteroatoms. The number of aromatic nitrogens is 3. The number of imidazole rings is 1. The van der Waals surface area contributed by atoms with Gasteiger partial charge in [0, 0.05) is 29.2 Å². The van der Waals surface area contributed by atoms with E-state index in [1.807, 2.05) is 37.3 Å². The van der Waals surface area contributed by atoms with Gasteiger partial charge < -0.3 is 14.6 Å². The van der Waals surface area contributed by atoms with E-state index in [2.05, 4.69) is 41.6 Å². The minimum atomic E-state index is -0.854. The Morgan fingerprint density at radius 3 is 2.47 bits per heavy atom. The van der Waals surface area contributed by atoms with Gasteiger partial charge in [0.25, 0.3) is 0 Å². The number of aliphatic carboxylic acids is 1. The number of thiazole rings is 1. The van der Waals surface area contributed by atoms with Crippen LogP contribution in [0.25, 0.3) is 42.9 Å². The number of halogens is 1. The summed E-state index contributed by atoms with van der Waals surface area (Å²) in [6.07, 6.45) is -0.0484. The lowest BCUT2D eigenvalue weighted by atomic mass is 9.93. The summed E-state index contributed by atoms with van der Waals surface area (Å²) < 4.78 is 3.33. The average molecular weight is 517 g/mol. The maximum Gasteiger partial charge on any atom is 0.307 e. The number of nitrogens with zero attached hydrogens (tertiary/aromatic N) is 4. The number of fused-ring (bicyclic) bond motifs is 2. The van der Waals surface area contributed by atoms with Gasteiger partial charge in [-0.25, -0.2) is 9.97 Å². The molecule has 6 rings (SSSR count). The van der Waals surface area contributed by atoms with Crippen molar-refractivity contribution in [2.45, 2.75) is 26.3 Å². The number of likely N-dealkylation sites (N-methyl/N-ethyl adjacent to an activating group) is 1. The van der Waals surface area contributed by atoms with Crippen molar-refractivity contribution in [3.8, 4) is 21.7 Å². The number of carboxylic acids is 1. The Balaban J connectivity index is 1.53. The Labute approximate surface area is 217 Å². The molecule has 0 radical (unpaired) electrons. The average Bonchev–Trinajstić information content (AvgIpc) is 3.37. The van der Waals surface area contributed by atoms with Crippen molar-refractivity contribution >= 4 is 50.2 Å². The fraction of sp³-hybridized carbons (Fsp3) is 0.250. The molecule has 0 unspecified atom stereocenters. The third kappa shape index (κ3) is 3.88. The molecule has 6 nitrogen and oxygen atoms in total. The molecule has 0 amide bonds. The molecule has 1 aliphatic heterocycles. The Hall–Kier alpha value is -3.26. The lowest BCUT2D eigenvalue weighted by Crippen LogP contribution is -2.45. The van der Waals surface area contributed by atoms with E-state index in [0.717, 1.165) is 73.0 Å². The monoisotopic (exact) mass is 516 g/mol. The van der Waals surface area contributed by atoms with Gasteiger partial charge >= 0.3 is 5.97 Å². The van der Waals surface area contributed by atoms with Crippen LogP contribution in [0.2, 0.25) is 5.02 Å². The highest BCUT2D eigenvalue weighted by atomic mass is 35.5. The van der Waals surface area contributed by atoms with Crippen molar-refractivity contribution in [2.75, 3.05) is 20.1 Å². The van der Waals surface area contributed by atoms with Crippen LogP contribution in [0.1, 0.15) is 23.0 Å². The van der Waals surface area contributed by atoms with Gasteiger partial charge in [-0.3, -0.25) is 4.79 Å². The van der Waals surface area contributed by atoms with Gasteiger partial charge in [0.2, 0.25) is 0 Å². The maximum absolute atomic E-state index is 11.7. The van der Waals surface area contributed by atoms with Crippen molar-refractivity contribution in [1.29, 1.82) is 0 Å². The predicted molar refractivity (Wildman–Crippen MR) is 146 cm³/mol. The van der Waals surface area contributed by atoms with E-state index in [1.54, 1.807) is 11.3 Å². The molecule has 3 heterocycles. The topological polar surface area (TPSA) is 71.2 Å². The van der Waals surface area contributed by atoms with Gasteiger partial charge in [0.15, 0.2) is 0 Å². The number of aryl methyl sites for hydroxylation is 2. The molecule has 182 valence electrons. The van der Waals surface area contributed by atoms with E-state index in [4.69, 9.17) is 21.6 Å². The minimum Gasteiger partial charge on any atom is -0.481 e. The summed E-state index contributed by atoms with van der Waals surface area (Å²) in [6.45, 7) is 6.07. The summed E-state index contributed by atoms with van der Waals surface area (Å²) in [4.78, 5) is 23.8. The molecular weight excluding hydrogens is 492 g/mol. The van der Waals surface area contributed by atoms with Crippen LogP contribution in [0.15, 0.2) is 48.5 Å². The smallest absolute Gasteiger partial charge is 0.307 e. The Morgan fingerprint density at radius 1 is 1.06 bits per heavy atom. The number of hydrogen-bond donors (Lipinski definition) is 1. The van der Waals surface area contributed by atoms with E-state index >= 15 is 0 Å². The molecule has 1 fully saturated rings. The Bertz CT molecular complexity index is 1650. The van der Waals surface area contributed by atoms with Crippen LogP contribution >= 0.6 is 22.9 Å². The van der Waals surface area contributed by atoms with Gasteiger partial charge in [-0.15, -0.1) is 11.3 Å². The van der Waals surface area contributed by atoms with Crippen LogP contribution in [0.5, 0.6) is 0 Å². The normalized spacial score (nSPS) is 14.6. The molecule has 0 atom stereocenters. The van der Waals surface area contributed by atoms with E-state index in [9.17, 15) is 9.90 Å². The van der Waals surface area contributed by atoms with Gasteiger partial charge in [-0.05, 0) is 74.0 Å². The Morgan fingerprint density at radius 2 is 1.78 bits per heavy atom. The third-order valence-electron chi connectivity index (χ3n) is 7.00. The molecule has 1 N–H and O–H groups in total. The molecule has 1 aliphatic rings. The second-order valence-electron chi connectivity index (χ2n) is 9.60. The number of hydrogen-bond acceptors (Lipinski definition) is 5. The molecule has 0 spiro atoms. The molecule has 36 heavy (non-hydrogen) atoms. The molecule has 5 aromatic rings. The number of benzene rings is 3. The highest BCUT2D eigenvalue weighted by Gasteiger charge is 2.28. The number of carbonyl (C=O) groups is 1. The van der Waals surface area contributed by atoms with Crippen LogP contribution in [0.4, 0.5) is 0 Å². The van der Waals surface area contributed by atoms with Crippen LogP contribution in [0.3, 0.4) is 0 Å². The first kappa shape index (κ1) is 23.2. The SMILES string of the molecule is Cc1cc2nc(-c3ccc4nc(C)n(C5CN(C)C5)c4c3)sc2c(-c2ccc(Cl)cc2)c1CC(=O)O. The van der Waals surface area contributed by atoms with E-state index < -0.39 is 5.97 Å². The summed E-state index contributed by atoms with van der Waals surface area (Å²) in [7, 11) is 2.14. The van der Waals surface area contributed by atoms with E-state index in [1.165, 1.54) is 0 Å². The molecular formula is C28H25ClN4O2S. The molecule has 0 bridgehead atoms. The van der Waals surface area contributed by atoms with Crippen molar-refractivity contribution in [1.82, 2.24) is 19.4 Å². The molecule has 0 aliphatic carbocycles. The molecule has 0 saturated carbocycles. The lowest BCUT2D eigenvalue weighted by molar-refractivity contribution is -0.136. The van der Waals surface area contributed by atoms with Crippen molar-refractivity contribution in [2.24, 2.45) is 0 Å². The van der Waals surface area contributed by atoms with Gasteiger partial charge in [-0.2, -0.15) is 0 Å². The van der Waals surface area contributed by atoms with Crippen molar-refractivity contribution in [3.05, 3.63) is 70.5 Å². The van der Waals surface area contributed by atoms with Crippen molar-refractivity contribution < 1.29 is 9.90 Å². The first-order valence-corrected chi connectivity index (χ1v) is 13.1. The van der Waals surface area contributed by atoms with E-state index in [-0.39, 0.29) is 6.42 Å². The minimum absolute atomic E-state index is 0.0484. The summed E-state index contributed by atoms with van der Waals surface area (Å²) in [6, 6.07) is 16.4. The highest BCUT2D eigenvalue weighted by Crippen LogP contribution is 2.41. The lowest BCUT2D eigenvalue weighted by Gasteiger charge is -2.38. The first-order valence-electron chi connectivity index (χ1n) is 11.9. The quantitative estimate of drug-likeness (QED) is 0.294. The zero-order valence-electron chi connectivity index (χ0n) is 20.2. The summed E-state index contributed by atoms with van der Waals surface area (Å²) in [5.74, 6) is 0.177. The zero-order valence-corrected chi connectivity index (χ0v) is 21.8. The molecule has 1 saturated heterocycles. The van der Waals surface area contributed by atoms with Crippen LogP contribution in [-0.4, -0.2) is 50.6 Å². The van der Waals surface area contributed by atoms with Crippen LogP contribution in [0, 0.1) is 13.8 Å². The third-order valence-corrected chi connectivity index (χ3v) is 8.38. The van der Waals surface area contributed by atoms with Gasteiger partial charge in [0.05, 0.1) is 33.7 Å². The second-order valence-corrected chi connectivity index (χ2v) is 11.0. The number of likely N-dealkylation sites (tertiary alicyclic amines) is 1. The summed E-state index contributed by atoms with van der Waals surface area (Å²) in [5.41, 5.74) is 7.63. The van der Waals surface area contributed by atoms with Gasteiger partial charge in [-0.1, -0.05) is 23.7 Å². The largest absolute Gasteiger partial charge is 0.481 e. The standard InChI is InChI=1S/C28H25ClN4O2S/c1-15-10-23-27(26(21(15)12-25(34)35)17-4-7-19(29)8-5-17)36-28(31-23)18-6-9-22-24(11-18)33(16(2)30-22)20-13-32(3)14-20/h4-11,20H,12-14H2,1-3H3,(H,34,35). The predicted octanol–water partition coefficient (Wildman–Crippen LogP) is 6.36. The van der Waals surface area contributed by atoms with Crippen LogP contribution in [-0.2, 0) is 11.2 Å². The first-order chi connectivity index (χ1) is 17.3. The maximum atomic E-state index is 11.7. The number of carboxylic acid groups (broad SMARTS) is 1. The Kier molecular flexibility index (Phi) is 5.59. The van der Waals surface area contributed by atoms with E-state index in [0.29, 0.717) is 11.1 Å². The fourth-order valence-corrected chi connectivity index (χ4v) is 6.56. The fourth-order valence-electron chi connectivity index (χ4n) is 5.30. The molecule has 3 aromatic carbocycles. The number of rotatable bonds is 5. The highest BCUT2D eigenvalue weighted by molar-refractivity contribution is 7.22. The molecule has 2 aromatic heterocycles.